The van der Waals surface area contributed by atoms with Crippen LogP contribution in [0.4, 0.5) is 0 Å². The van der Waals surface area contributed by atoms with Crippen molar-refractivity contribution in [3.63, 3.8) is 0 Å². The second kappa shape index (κ2) is 5.73. The second-order valence-corrected chi connectivity index (χ2v) is 6.22. The number of thiophene rings is 1. The maximum atomic E-state index is 9.94. The zero-order valence-corrected chi connectivity index (χ0v) is 11.5. The van der Waals surface area contributed by atoms with Crippen molar-refractivity contribution in [1.82, 2.24) is 10.3 Å². The summed E-state index contributed by atoms with van der Waals surface area (Å²) in [6.45, 7) is 4.67. The van der Waals surface area contributed by atoms with Crippen LogP contribution in [-0.4, -0.2) is 16.6 Å². The Morgan fingerprint density at radius 3 is 2.94 bits per heavy atom. The Kier molecular flexibility index (Phi) is 4.28. The molecule has 2 atom stereocenters. The SMILES string of the molecule is Cc1cnc(C(C)NCC(O)c2cccs2)s1. The monoisotopic (exact) mass is 268 g/mol. The maximum absolute atomic E-state index is 9.94. The highest BCUT2D eigenvalue weighted by atomic mass is 32.1. The predicted octanol–water partition coefficient (Wildman–Crippen LogP) is 2.90. The van der Waals surface area contributed by atoms with Gasteiger partial charge in [-0.15, -0.1) is 22.7 Å². The van der Waals surface area contributed by atoms with Crippen LogP contribution in [0.15, 0.2) is 23.7 Å². The molecule has 0 saturated heterocycles. The van der Waals surface area contributed by atoms with E-state index < -0.39 is 6.10 Å². The lowest BCUT2D eigenvalue weighted by Crippen LogP contribution is -2.24. The summed E-state index contributed by atoms with van der Waals surface area (Å²) in [5, 5.41) is 16.3. The van der Waals surface area contributed by atoms with E-state index >= 15 is 0 Å². The first-order chi connectivity index (χ1) is 8.16. The van der Waals surface area contributed by atoms with Gasteiger partial charge in [0.05, 0.1) is 6.04 Å². The predicted molar refractivity (Wildman–Crippen MR) is 72.5 cm³/mol. The summed E-state index contributed by atoms with van der Waals surface area (Å²) in [6.07, 6.45) is 1.45. The number of hydrogen-bond donors (Lipinski definition) is 2. The molecule has 92 valence electrons. The van der Waals surface area contributed by atoms with Crippen LogP contribution >= 0.6 is 22.7 Å². The molecule has 2 N–H and O–H groups in total. The molecule has 0 aliphatic rings. The number of nitrogens with one attached hydrogen (secondary N) is 1. The fourth-order valence-corrected chi connectivity index (χ4v) is 3.04. The highest BCUT2D eigenvalue weighted by molar-refractivity contribution is 7.11. The number of hydrogen-bond acceptors (Lipinski definition) is 5. The minimum atomic E-state index is -0.432. The lowest BCUT2D eigenvalue weighted by atomic mass is 10.2. The van der Waals surface area contributed by atoms with Crippen molar-refractivity contribution in [2.45, 2.75) is 26.0 Å². The molecule has 0 radical (unpaired) electrons. The number of aliphatic hydroxyl groups is 1. The fraction of sp³-hybridized carbons (Fsp3) is 0.417. The summed E-state index contributed by atoms with van der Waals surface area (Å²) in [4.78, 5) is 6.55. The molecular formula is C12H16N2OS2. The summed E-state index contributed by atoms with van der Waals surface area (Å²) in [5.74, 6) is 0. The Balaban J connectivity index is 1.86. The van der Waals surface area contributed by atoms with E-state index in [0.717, 1.165) is 9.88 Å². The molecule has 0 bridgehead atoms. The number of aryl methyl sites for hydroxylation is 1. The molecule has 0 saturated carbocycles. The number of rotatable bonds is 5. The molecule has 2 heterocycles. The molecule has 0 aliphatic carbocycles. The van der Waals surface area contributed by atoms with Gasteiger partial charge in [-0.1, -0.05) is 6.07 Å². The Labute approximate surface area is 109 Å². The van der Waals surface area contributed by atoms with Crippen LogP contribution < -0.4 is 5.32 Å². The van der Waals surface area contributed by atoms with Crippen molar-refractivity contribution in [1.29, 1.82) is 0 Å². The van der Waals surface area contributed by atoms with E-state index in [9.17, 15) is 5.11 Å². The first kappa shape index (κ1) is 12.7. The van der Waals surface area contributed by atoms with E-state index in [1.807, 2.05) is 30.6 Å². The van der Waals surface area contributed by atoms with E-state index in [1.165, 1.54) is 4.88 Å². The van der Waals surface area contributed by atoms with E-state index in [4.69, 9.17) is 0 Å². The van der Waals surface area contributed by atoms with Crippen LogP contribution in [0.25, 0.3) is 0 Å². The molecule has 0 amide bonds. The van der Waals surface area contributed by atoms with Gasteiger partial charge in [-0.2, -0.15) is 0 Å². The van der Waals surface area contributed by atoms with Gasteiger partial charge in [0, 0.05) is 22.5 Å². The Bertz CT molecular complexity index is 453. The van der Waals surface area contributed by atoms with Gasteiger partial charge in [0.1, 0.15) is 11.1 Å². The highest BCUT2D eigenvalue weighted by Crippen LogP contribution is 2.21. The van der Waals surface area contributed by atoms with Crippen LogP contribution in [0.3, 0.4) is 0 Å². The molecular weight excluding hydrogens is 252 g/mol. The zero-order chi connectivity index (χ0) is 12.3. The van der Waals surface area contributed by atoms with Crippen molar-refractivity contribution in [2.75, 3.05) is 6.54 Å². The molecule has 0 fully saturated rings. The van der Waals surface area contributed by atoms with Crippen LogP contribution in [0.2, 0.25) is 0 Å². The van der Waals surface area contributed by atoms with Crippen LogP contribution in [-0.2, 0) is 0 Å². The first-order valence-electron chi connectivity index (χ1n) is 5.54. The van der Waals surface area contributed by atoms with Crippen LogP contribution in [0.5, 0.6) is 0 Å². The van der Waals surface area contributed by atoms with Crippen LogP contribution in [0.1, 0.15) is 33.8 Å². The minimum Gasteiger partial charge on any atom is -0.386 e. The quantitative estimate of drug-likeness (QED) is 0.876. The van der Waals surface area contributed by atoms with Crippen molar-refractivity contribution >= 4 is 22.7 Å². The first-order valence-corrected chi connectivity index (χ1v) is 7.23. The number of nitrogens with zero attached hydrogens (tertiary/aromatic N) is 1. The Hall–Kier alpha value is -0.750. The van der Waals surface area contributed by atoms with Crippen molar-refractivity contribution in [2.24, 2.45) is 0 Å². The normalized spacial score (nSPS) is 14.8. The standard InChI is InChI=1S/C12H16N2OS2/c1-8-6-14-12(17-8)9(2)13-7-10(15)11-4-3-5-16-11/h3-6,9-10,13,15H,7H2,1-2H3. The van der Waals surface area contributed by atoms with Crippen molar-refractivity contribution in [3.8, 4) is 0 Å². The van der Waals surface area contributed by atoms with E-state index in [1.54, 1.807) is 22.7 Å². The molecule has 0 spiro atoms. The molecule has 0 aromatic carbocycles. The van der Waals surface area contributed by atoms with Crippen molar-refractivity contribution in [3.05, 3.63) is 38.5 Å². The molecule has 3 nitrogen and oxygen atoms in total. The van der Waals surface area contributed by atoms with Gasteiger partial charge >= 0.3 is 0 Å². The molecule has 5 heteroatoms. The molecule has 2 unspecified atom stereocenters. The lowest BCUT2D eigenvalue weighted by Gasteiger charge is -2.14. The van der Waals surface area contributed by atoms with Gasteiger partial charge in [-0.25, -0.2) is 4.98 Å². The second-order valence-electron chi connectivity index (χ2n) is 3.97. The van der Waals surface area contributed by atoms with E-state index in [0.29, 0.717) is 6.54 Å². The third kappa shape index (κ3) is 3.35. The third-order valence-electron chi connectivity index (χ3n) is 2.50. The minimum absolute atomic E-state index is 0.184. The number of aromatic nitrogens is 1. The Morgan fingerprint density at radius 1 is 1.53 bits per heavy atom. The largest absolute Gasteiger partial charge is 0.386 e. The molecule has 2 aromatic rings. The summed E-state index contributed by atoms with van der Waals surface area (Å²) in [7, 11) is 0. The summed E-state index contributed by atoms with van der Waals surface area (Å²) >= 11 is 3.27. The van der Waals surface area contributed by atoms with Gasteiger partial charge in [0.2, 0.25) is 0 Å². The average Bonchev–Trinajstić information content (AvgIpc) is 2.95. The molecule has 2 rings (SSSR count). The van der Waals surface area contributed by atoms with E-state index in [-0.39, 0.29) is 6.04 Å². The fourth-order valence-electron chi connectivity index (χ4n) is 1.53. The summed E-state index contributed by atoms with van der Waals surface area (Å²) in [5.41, 5.74) is 0. The molecule has 17 heavy (non-hydrogen) atoms. The summed E-state index contributed by atoms with van der Waals surface area (Å²) < 4.78 is 0. The highest BCUT2D eigenvalue weighted by Gasteiger charge is 2.13. The van der Waals surface area contributed by atoms with Gasteiger partial charge in [0.25, 0.3) is 0 Å². The van der Waals surface area contributed by atoms with E-state index in [2.05, 4.69) is 17.2 Å². The van der Waals surface area contributed by atoms with Crippen LogP contribution in [0, 0.1) is 6.92 Å². The third-order valence-corrected chi connectivity index (χ3v) is 4.57. The number of thiazole rings is 1. The van der Waals surface area contributed by atoms with Crippen molar-refractivity contribution < 1.29 is 5.11 Å². The van der Waals surface area contributed by atoms with Gasteiger partial charge < -0.3 is 10.4 Å². The average molecular weight is 268 g/mol. The summed E-state index contributed by atoms with van der Waals surface area (Å²) in [6, 6.07) is 4.09. The topological polar surface area (TPSA) is 45.2 Å². The smallest absolute Gasteiger partial charge is 0.109 e. The van der Waals surface area contributed by atoms with Gasteiger partial charge in [0.15, 0.2) is 0 Å². The zero-order valence-electron chi connectivity index (χ0n) is 9.88. The molecule has 2 aromatic heterocycles. The molecule has 0 aliphatic heterocycles. The number of aliphatic hydroxyl groups excluding tert-OH is 1. The maximum Gasteiger partial charge on any atom is 0.109 e. The van der Waals surface area contributed by atoms with Gasteiger partial charge in [-0.05, 0) is 25.3 Å². The van der Waals surface area contributed by atoms with Gasteiger partial charge in [-0.3, -0.25) is 0 Å². The lowest BCUT2D eigenvalue weighted by molar-refractivity contribution is 0.174. The Morgan fingerprint density at radius 2 is 2.35 bits per heavy atom.